The molecule has 0 atom stereocenters. The number of ether oxygens (including phenoxy) is 1. The molecule has 14 heavy (non-hydrogen) atoms. The molecule has 1 aromatic rings. The quantitative estimate of drug-likeness (QED) is 0.475. The smallest absolute Gasteiger partial charge is 0.181 e. The fourth-order valence-corrected chi connectivity index (χ4v) is 1.50. The number of hydrogen-bond donors (Lipinski definition) is 1. The van der Waals surface area contributed by atoms with Gasteiger partial charge in [0.05, 0.1) is 18.6 Å². The molecule has 4 heteroatoms. The van der Waals surface area contributed by atoms with Gasteiger partial charge >= 0.3 is 0 Å². The van der Waals surface area contributed by atoms with E-state index in [1.165, 1.54) is 7.11 Å². The Labute approximate surface area is 87.8 Å². The van der Waals surface area contributed by atoms with E-state index < -0.39 is 0 Å². The fraction of sp³-hybridized carbons (Fsp3) is 0.300. The Morgan fingerprint density at radius 1 is 1.57 bits per heavy atom. The van der Waals surface area contributed by atoms with Crippen LogP contribution in [0.1, 0.15) is 15.9 Å². The molecule has 0 aliphatic carbocycles. The van der Waals surface area contributed by atoms with Gasteiger partial charge in [0.25, 0.3) is 0 Å². The summed E-state index contributed by atoms with van der Waals surface area (Å²) in [6.45, 7) is 1.80. The standard InChI is InChI=1S/C10H12ClNO2/c1-6-3-7(12)4-9(14-2)10(6)8(13)5-11/h3-4H,5,12H2,1-2H3. The lowest BCUT2D eigenvalue weighted by molar-refractivity contribution is 0.101. The number of alkyl halides is 1. The van der Waals surface area contributed by atoms with Crippen LogP contribution in [0.5, 0.6) is 5.75 Å². The van der Waals surface area contributed by atoms with E-state index in [-0.39, 0.29) is 11.7 Å². The van der Waals surface area contributed by atoms with Crippen LogP contribution in [-0.2, 0) is 0 Å². The molecule has 0 fully saturated rings. The summed E-state index contributed by atoms with van der Waals surface area (Å²) in [5, 5.41) is 0. The average Bonchev–Trinajstić information content (AvgIpc) is 2.15. The highest BCUT2D eigenvalue weighted by Gasteiger charge is 2.14. The molecule has 0 radical (unpaired) electrons. The highest BCUT2D eigenvalue weighted by atomic mass is 35.5. The first-order valence-corrected chi connectivity index (χ1v) is 4.67. The highest BCUT2D eigenvalue weighted by Crippen LogP contribution is 2.26. The van der Waals surface area contributed by atoms with Crippen LogP contribution >= 0.6 is 11.6 Å². The van der Waals surface area contributed by atoms with Gasteiger partial charge in [0.15, 0.2) is 5.78 Å². The topological polar surface area (TPSA) is 52.3 Å². The second-order valence-electron chi connectivity index (χ2n) is 2.97. The number of nitrogen functional groups attached to an aromatic ring is 1. The van der Waals surface area contributed by atoms with E-state index in [2.05, 4.69) is 0 Å². The van der Waals surface area contributed by atoms with Crippen molar-refractivity contribution in [3.63, 3.8) is 0 Å². The van der Waals surface area contributed by atoms with Crippen molar-refractivity contribution in [1.82, 2.24) is 0 Å². The fourth-order valence-electron chi connectivity index (χ4n) is 1.37. The molecule has 0 amide bonds. The second kappa shape index (κ2) is 4.33. The summed E-state index contributed by atoms with van der Waals surface area (Å²) in [6.07, 6.45) is 0. The highest BCUT2D eigenvalue weighted by molar-refractivity contribution is 6.31. The lowest BCUT2D eigenvalue weighted by atomic mass is 10.0. The van der Waals surface area contributed by atoms with Crippen molar-refractivity contribution in [3.05, 3.63) is 23.3 Å². The van der Waals surface area contributed by atoms with Crippen molar-refractivity contribution in [1.29, 1.82) is 0 Å². The molecule has 1 rings (SSSR count). The number of halogens is 1. The zero-order chi connectivity index (χ0) is 10.7. The molecule has 1 aromatic carbocycles. The molecule has 76 valence electrons. The second-order valence-corrected chi connectivity index (χ2v) is 3.24. The minimum atomic E-state index is -0.152. The summed E-state index contributed by atoms with van der Waals surface area (Å²) in [5.41, 5.74) is 7.49. The Morgan fingerprint density at radius 2 is 2.21 bits per heavy atom. The molecule has 0 heterocycles. The minimum absolute atomic E-state index is 0.0544. The van der Waals surface area contributed by atoms with Gasteiger partial charge in [-0.1, -0.05) is 0 Å². The molecule has 0 unspecified atom stereocenters. The predicted molar refractivity (Wildman–Crippen MR) is 57.2 cm³/mol. The summed E-state index contributed by atoms with van der Waals surface area (Å²) >= 11 is 5.49. The van der Waals surface area contributed by atoms with Crippen molar-refractivity contribution in [2.45, 2.75) is 6.92 Å². The van der Waals surface area contributed by atoms with Crippen molar-refractivity contribution < 1.29 is 9.53 Å². The van der Waals surface area contributed by atoms with Crippen LogP contribution in [0, 0.1) is 6.92 Å². The number of anilines is 1. The average molecular weight is 214 g/mol. The summed E-state index contributed by atoms with van der Waals surface area (Å²) in [7, 11) is 1.50. The zero-order valence-corrected chi connectivity index (χ0v) is 8.89. The van der Waals surface area contributed by atoms with Gasteiger partial charge in [-0.25, -0.2) is 0 Å². The first kappa shape index (κ1) is 10.9. The number of carbonyl (C=O) groups excluding carboxylic acids is 1. The van der Waals surface area contributed by atoms with Crippen molar-refractivity contribution in [2.75, 3.05) is 18.7 Å². The lowest BCUT2D eigenvalue weighted by Gasteiger charge is -2.10. The molecule has 0 aliphatic heterocycles. The lowest BCUT2D eigenvalue weighted by Crippen LogP contribution is -2.06. The van der Waals surface area contributed by atoms with Crippen molar-refractivity contribution >= 4 is 23.1 Å². The van der Waals surface area contributed by atoms with Crippen LogP contribution in [0.4, 0.5) is 5.69 Å². The normalized spacial score (nSPS) is 9.93. The van der Waals surface area contributed by atoms with E-state index in [4.69, 9.17) is 22.1 Å². The predicted octanol–water partition coefficient (Wildman–Crippen LogP) is 2.01. The largest absolute Gasteiger partial charge is 0.496 e. The maximum absolute atomic E-state index is 11.5. The van der Waals surface area contributed by atoms with E-state index in [1.807, 2.05) is 0 Å². The van der Waals surface area contributed by atoms with Crippen molar-refractivity contribution in [3.8, 4) is 5.75 Å². The van der Waals surface area contributed by atoms with Gasteiger partial charge in [-0.2, -0.15) is 0 Å². The van der Waals surface area contributed by atoms with Gasteiger partial charge in [-0.15, -0.1) is 11.6 Å². The number of nitrogens with two attached hydrogens (primary N) is 1. The number of ketones is 1. The minimum Gasteiger partial charge on any atom is -0.496 e. The SMILES string of the molecule is COc1cc(N)cc(C)c1C(=O)CCl. The third-order valence-corrected chi connectivity index (χ3v) is 2.18. The molecular weight excluding hydrogens is 202 g/mol. The van der Waals surface area contributed by atoms with E-state index in [0.29, 0.717) is 17.0 Å². The van der Waals surface area contributed by atoms with Crippen LogP contribution in [-0.4, -0.2) is 18.8 Å². The third kappa shape index (κ3) is 1.99. The molecule has 0 aliphatic rings. The Morgan fingerprint density at radius 3 is 2.71 bits per heavy atom. The molecule has 0 aromatic heterocycles. The third-order valence-electron chi connectivity index (χ3n) is 1.94. The first-order chi connectivity index (χ1) is 6.60. The Kier molecular flexibility index (Phi) is 3.36. The van der Waals surface area contributed by atoms with Gasteiger partial charge in [0, 0.05) is 11.8 Å². The first-order valence-electron chi connectivity index (χ1n) is 4.13. The number of benzene rings is 1. The number of hydrogen-bond acceptors (Lipinski definition) is 3. The summed E-state index contributed by atoms with van der Waals surface area (Å²) in [4.78, 5) is 11.5. The van der Waals surface area contributed by atoms with E-state index in [0.717, 1.165) is 5.56 Å². The van der Waals surface area contributed by atoms with Gasteiger partial charge in [-0.3, -0.25) is 4.79 Å². The molecule has 2 N–H and O–H groups in total. The van der Waals surface area contributed by atoms with E-state index in [1.54, 1.807) is 19.1 Å². The zero-order valence-electron chi connectivity index (χ0n) is 8.13. The molecule has 0 bridgehead atoms. The summed E-state index contributed by atoms with van der Waals surface area (Å²) in [5.74, 6) is 0.273. The van der Waals surface area contributed by atoms with Gasteiger partial charge in [0.2, 0.25) is 0 Å². The van der Waals surface area contributed by atoms with E-state index in [9.17, 15) is 4.79 Å². The Hall–Kier alpha value is -1.22. The Balaban J connectivity index is 3.32. The van der Waals surface area contributed by atoms with Gasteiger partial charge < -0.3 is 10.5 Å². The summed E-state index contributed by atoms with van der Waals surface area (Å²) in [6, 6.07) is 3.34. The molecule has 0 spiro atoms. The van der Waals surface area contributed by atoms with Crippen molar-refractivity contribution in [2.24, 2.45) is 0 Å². The number of carbonyl (C=O) groups is 1. The number of aryl methyl sites for hydroxylation is 1. The summed E-state index contributed by atoms with van der Waals surface area (Å²) < 4.78 is 5.07. The van der Waals surface area contributed by atoms with E-state index >= 15 is 0 Å². The number of Topliss-reactive ketones (excluding diaryl/α,β-unsaturated/α-hetero) is 1. The van der Waals surface area contributed by atoms with Crippen LogP contribution in [0.2, 0.25) is 0 Å². The molecule has 0 saturated heterocycles. The maximum atomic E-state index is 11.5. The van der Waals surface area contributed by atoms with Crippen LogP contribution in [0.3, 0.4) is 0 Å². The van der Waals surface area contributed by atoms with Crippen LogP contribution in [0.25, 0.3) is 0 Å². The number of methoxy groups -OCH3 is 1. The maximum Gasteiger partial charge on any atom is 0.181 e. The monoisotopic (exact) mass is 213 g/mol. The van der Waals surface area contributed by atoms with Gasteiger partial charge in [-0.05, 0) is 18.6 Å². The van der Waals surface area contributed by atoms with Crippen LogP contribution in [0.15, 0.2) is 12.1 Å². The van der Waals surface area contributed by atoms with Gasteiger partial charge in [0.1, 0.15) is 5.75 Å². The number of rotatable bonds is 3. The van der Waals surface area contributed by atoms with Crippen LogP contribution < -0.4 is 10.5 Å². The molecule has 3 nitrogen and oxygen atoms in total. The molecular formula is C10H12ClNO2. The molecule has 0 saturated carbocycles. The Bertz CT molecular complexity index is 363.